The number of nitrogens with zero attached hydrogens (tertiary/aromatic N) is 1. The normalized spacial score (nSPS) is 11.9. The van der Waals surface area contributed by atoms with E-state index in [1.54, 1.807) is 0 Å². The number of oxazole rings is 1. The minimum absolute atomic E-state index is 0.0597. The van der Waals surface area contributed by atoms with E-state index < -0.39 is 0 Å². The van der Waals surface area contributed by atoms with Crippen LogP contribution in [0.2, 0.25) is 0 Å². The molecule has 3 aromatic carbocycles. The Balaban J connectivity index is 1.38. The number of hydrogen-bond donors (Lipinski definition) is 1. The quantitative estimate of drug-likeness (QED) is 0.412. The van der Waals surface area contributed by atoms with Gasteiger partial charge in [0.1, 0.15) is 11.3 Å². The van der Waals surface area contributed by atoms with Crippen molar-refractivity contribution in [2.24, 2.45) is 0 Å². The second kappa shape index (κ2) is 8.82. The van der Waals surface area contributed by atoms with Crippen molar-refractivity contribution in [3.8, 4) is 17.2 Å². The average molecular weight is 400 g/mol. The van der Waals surface area contributed by atoms with Crippen LogP contribution in [0.4, 0.5) is 5.69 Å². The van der Waals surface area contributed by atoms with Gasteiger partial charge in [-0.05, 0) is 60.4 Å². The Bertz CT molecular complexity index is 1120. The molecule has 30 heavy (non-hydrogen) atoms. The summed E-state index contributed by atoms with van der Waals surface area (Å²) in [6.45, 7) is 4.30. The molecule has 0 aliphatic heterocycles. The van der Waals surface area contributed by atoms with Crippen molar-refractivity contribution >= 4 is 22.7 Å². The van der Waals surface area contributed by atoms with E-state index in [9.17, 15) is 4.79 Å². The van der Waals surface area contributed by atoms with Gasteiger partial charge in [0.25, 0.3) is 5.91 Å². The predicted octanol–water partition coefficient (Wildman–Crippen LogP) is 6.03. The molecule has 1 atom stereocenters. The zero-order valence-corrected chi connectivity index (χ0v) is 17.1. The monoisotopic (exact) mass is 400 g/mol. The van der Waals surface area contributed by atoms with Crippen LogP contribution in [-0.2, 0) is 4.79 Å². The molecule has 0 saturated heterocycles. The molecule has 0 aliphatic rings. The fraction of sp³-hybridized carbons (Fsp3) is 0.200. The van der Waals surface area contributed by atoms with Crippen molar-refractivity contribution in [3.05, 3.63) is 78.4 Å². The van der Waals surface area contributed by atoms with Crippen molar-refractivity contribution in [2.45, 2.75) is 26.2 Å². The number of para-hydroxylation sites is 2. The van der Waals surface area contributed by atoms with E-state index in [0.29, 0.717) is 23.2 Å². The van der Waals surface area contributed by atoms with Gasteiger partial charge in [-0.2, -0.15) is 0 Å². The second-order valence-corrected chi connectivity index (χ2v) is 7.28. The lowest BCUT2D eigenvalue weighted by Gasteiger charge is -2.11. The van der Waals surface area contributed by atoms with Crippen LogP contribution in [-0.4, -0.2) is 17.5 Å². The number of amides is 1. The zero-order valence-electron chi connectivity index (χ0n) is 17.1. The van der Waals surface area contributed by atoms with Crippen molar-refractivity contribution in [1.29, 1.82) is 0 Å². The highest BCUT2D eigenvalue weighted by atomic mass is 16.5. The van der Waals surface area contributed by atoms with Gasteiger partial charge in [0, 0.05) is 11.3 Å². The van der Waals surface area contributed by atoms with Crippen molar-refractivity contribution in [2.75, 3.05) is 11.9 Å². The standard InChI is InChI=1S/C25H24N2O3/c1-3-17(2)18-11-13-21(14-12-18)29-16-24(28)26-20-8-6-7-19(15-20)25-27-22-9-4-5-10-23(22)30-25/h4-15,17H,3,16H2,1-2H3,(H,26,28)/t17-/m0/s1. The number of rotatable bonds is 7. The molecule has 4 rings (SSSR count). The average Bonchev–Trinajstić information content (AvgIpc) is 3.22. The molecule has 5 heteroatoms. The molecule has 0 radical (unpaired) electrons. The summed E-state index contributed by atoms with van der Waals surface area (Å²) in [6, 6.07) is 22.9. The van der Waals surface area contributed by atoms with E-state index in [-0.39, 0.29) is 12.5 Å². The van der Waals surface area contributed by atoms with Gasteiger partial charge in [-0.25, -0.2) is 4.98 Å². The molecule has 1 aromatic heterocycles. The number of hydrogen-bond acceptors (Lipinski definition) is 4. The van der Waals surface area contributed by atoms with Crippen molar-refractivity contribution < 1.29 is 13.9 Å². The molecular formula is C25H24N2O3. The predicted molar refractivity (Wildman–Crippen MR) is 119 cm³/mol. The fourth-order valence-electron chi connectivity index (χ4n) is 3.20. The van der Waals surface area contributed by atoms with Crippen LogP contribution in [0, 0.1) is 0 Å². The maximum atomic E-state index is 12.3. The number of carbonyl (C=O) groups excluding carboxylic acids is 1. The van der Waals surface area contributed by atoms with E-state index in [1.165, 1.54) is 5.56 Å². The number of nitrogens with one attached hydrogen (secondary N) is 1. The molecule has 0 saturated carbocycles. The summed E-state index contributed by atoms with van der Waals surface area (Å²) >= 11 is 0. The molecular weight excluding hydrogens is 376 g/mol. The Morgan fingerprint density at radius 2 is 1.87 bits per heavy atom. The Labute approximate surface area is 175 Å². The number of benzene rings is 3. The van der Waals surface area contributed by atoms with Gasteiger partial charge in [-0.15, -0.1) is 0 Å². The minimum atomic E-state index is -0.226. The summed E-state index contributed by atoms with van der Waals surface area (Å²) < 4.78 is 11.4. The number of aromatic nitrogens is 1. The van der Waals surface area contributed by atoms with Gasteiger partial charge < -0.3 is 14.5 Å². The molecule has 1 N–H and O–H groups in total. The van der Waals surface area contributed by atoms with Gasteiger partial charge in [0.05, 0.1) is 0 Å². The first kappa shape index (κ1) is 19.7. The SMILES string of the molecule is CC[C@H](C)c1ccc(OCC(=O)Nc2cccc(-c3nc4ccccc4o3)c2)cc1. The van der Waals surface area contributed by atoms with Gasteiger partial charge in [0.2, 0.25) is 5.89 Å². The molecule has 4 aromatic rings. The third kappa shape index (κ3) is 4.51. The van der Waals surface area contributed by atoms with Gasteiger partial charge >= 0.3 is 0 Å². The van der Waals surface area contributed by atoms with Crippen LogP contribution < -0.4 is 10.1 Å². The Morgan fingerprint density at radius 3 is 2.63 bits per heavy atom. The summed E-state index contributed by atoms with van der Waals surface area (Å²) in [6.07, 6.45) is 1.09. The fourth-order valence-corrected chi connectivity index (χ4v) is 3.20. The lowest BCUT2D eigenvalue weighted by atomic mass is 9.99. The molecule has 0 spiro atoms. The van der Waals surface area contributed by atoms with Crippen LogP contribution in [0.5, 0.6) is 5.75 Å². The van der Waals surface area contributed by atoms with Crippen molar-refractivity contribution in [3.63, 3.8) is 0 Å². The first-order valence-corrected chi connectivity index (χ1v) is 10.1. The Morgan fingerprint density at radius 1 is 1.07 bits per heavy atom. The maximum absolute atomic E-state index is 12.3. The Hall–Kier alpha value is -3.60. The van der Waals surface area contributed by atoms with Crippen LogP contribution in [0.25, 0.3) is 22.6 Å². The molecule has 0 fully saturated rings. The summed E-state index contributed by atoms with van der Waals surface area (Å²) in [7, 11) is 0. The van der Waals surface area contributed by atoms with Crippen molar-refractivity contribution in [1.82, 2.24) is 4.98 Å². The lowest BCUT2D eigenvalue weighted by molar-refractivity contribution is -0.118. The second-order valence-electron chi connectivity index (χ2n) is 7.28. The molecule has 1 heterocycles. The topological polar surface area (TPSA) is 64.4 Å². The van der Waals surface area contributed by atoms with Crippen LogP contribution >= 0.6 is 0 Å². The first-order chi connectivity index (χ1) is 14.6. The molecule has 152 valence electrons. The highest BCUT2D eigenvalue weighted by molar-refractivity contribution is 5.92. The van der Waals surface area contributed by atoms with E-state index in [4.69, 9.17) is 9.15 Å². The highest BCUT2D eigenvalue weighted by Gasteiger charge is 2.10. The minimum Gasteiger partial charge on any atom is -0.484 e. The largest absolute Gasteiger partial charge is 0.484 e. The van der Waals surface area contributed by atoms with Gasteiger partial charge in [0.15, 0.2) is 12.2 Å². The third-order valence-electron chi connectivity index (χ3n) is 5.12. The van der Waals surface area contributed by atoms with Crippen LogP contribution in [0.3, 0.4) is 0 Å². The van der Waals surface area contributed by atoms with E-state index in [1.807, 2.05) is 72.8 Å². The van der Waals surface area contributed by atoms with E-state index >= 15 is 0 Å². The molecule has 0 bridgehead atoms. The molecule has 5 nitrogen and oxygen atoms in total. The number of carbonyl (C=O) groups is 1. The van der Waals surface area contributed by atoms with E-state index in [2.05, 4.69) is 24.1 Å². The number of fused-ring (bicyclic) bond motifs is 1. The molecule has 0 unspecified atom stereocenters. The highest BCUT2D eigenvalue weighted by Crippen LogP contribution is 2.26. The summed E-state index contributed by atoms with van der Waals surface area (Å²) in [5.74, 6) is 1.48. The molecule has 1 amide bonds. The zero-order chi connectivity index (χ0) is 20.9. The number of ether oxygens (including phenoxy) is 1. The molecule has 0 aliphatic carbocycles. The maximum Gasteiger partial charge on any atom is 0.262 e. The van der Waals surface area contributed by atoms with E-state index in [0.717, 1.165) is 23.1 Å². The first-order valence-electron chi connectivity index (χ1n) is 10.1. The van der Waals surface area contributed by atoms with Gasteiger partial charge in [-0.3, -0.25) is 4.79 Å². The Kier molecular flexibility index (Phi) is 5.80. The van der Waals surface area contributed by atoms with Crippen LogP contribution in [0.15, 0.2) is 77.2 Å². The lowest BCUT2D eigenvalue weighted by Crippen LogP contribution is -2.20. The summed E-state index contributed by atoms with van der Waals surface area (Å²) in [5.41, 5.74) is 4.26. The summed E-state index contributed by atoms with van der Waals surface area (Å²) in [5, 5.41) is 2.86. The smallest absolute Gasteiger partial charge is 0.262 e. The van der Waals surface area contributed by atoms with Gasteiger partial charge in [-0.1, -0.05) is 44.2 Å². The van der Waals surface area contributed by atoms with Crippen LogP contribution in [0.1, 0.15) is 31.7 Å². The third-order valence-corrected chi connectivity index (χ3v) is 5.12. The number of anilines is 1. The summed E-state index contributed by atoms with van der Waals surface area (Å²) in [4.78, 5) is 16.8.